The second kappa shape index (κ2) is 9.19. The maximum absolute atomic E-state index is 11.8. The van der Waals surface area contributed by atoms with Crippen molar-refractivity contribution >= 4 is 5.91 Å². The molecule has 0 fully saturated rings. The number of hydrogen-bond donors (Lipinski definition) is 1. The van der Waals surface area contributed by atoms with E-state index in [0.717, 1.165) is 30.0 Å². The van der Waals surface area contributed by atoms with Gasteiger partial charge >= 0.3 is 0 Å². The molecule has 0 aliphatic heterocycles. The molecule has 1 rings (SSSR count). The van der Waals surface area contributed by atoms with Crippen molar-refractivity contribution in [1.82, 2.24) is 10.2 Å². The van der Waals surface area contributed by atoms with Gasteiger partial charge in [-0.05, 0) is 38.1 Å². The van der Waals surface area contributed by atoms with Crippen molar-refractivity contribution in [2.45, 2.75) is 20.8 Å². The number of nitrogens with zero attached hydrogens (tertiary/aromatic N) is 1. The van der Waals surface area contributed by atoms with Crippen LogP contribution in [0.5, 0.6) is 5.75 Å². The maximum atomic E-state index is 11.8. The Balaban J connectivity index is 2.22. The van der Waals surface area contributed by atoms with Crippen LogP contribution in [0.3, 0.4) is 0 Å². The zero-order chi connectivity index (χ0) is 15.7. The number of rotatable bonds is 9. The number of amides is 1. The van der Waals surface area contributed by atoms with E-state index in [9.17, 15) is 4.79 Å². The molecule has 1 aromatic rings. The number of carbonyl (C=O) groups excluding carboxylic acids is 1. The lowest BCUT2D eigenvalue weighted by atomic mass is 10.2. The molecule has 0 bridgehead atoms. The Morgan fingerprint density at radius 3 is 2.76 bits per heavy atom. The van der Waals surface area contributed by atoms with Crippen molar-refractivity contribution < 1.29 is 9.53 Å². The second-order valence-corrected chi connectivity index (χ2v) is 5.28. The molecule has 0 atom stereocenters. The Hall–Kier alpha value is -1.81. The van der Waals surface area contributed by atoms with Gasteiger partial charge in [0.05, 0.1) is 13.1 Å². The Kier molecular flexibility index (Phi) is 7.54. The summed E-state index contributed by atoms with van der Waals surface area (Å²) in [5.74, 6) is 0.854. The third kappa shape index (κ3) is 7.51. The van der Waals surface area contributed by atoms with Crippen LogP contribution in [0.25, 0.3) is 0 Å². The standard InChI is InChI=1S/C17H26N2O2/c1-5-19(12-14(2)3)13-17(20)18-9-10-21-16-8-6-7-15(4)11-16/h6-8,11H,2,5,9-10,12-13H2,1,3-4H3,(H,18,20). The first kappa shape index (κ1) is 17.2. The molecule has 0 heterocycles. The van der Waals surface area contributed by atoms with Crippen molar-refractivity contribution in [3.05, 3.63) is 42.0 Å². The number of hydrogen-bond acceptors (Lipinski definition) is 3. The third-order valence-corrected chi connectivity index (χ3v) is 2.99. The van der Waals surface area contributed by atoms with Gasteiger partial charge in [-0.15, -0.1) is 0 Å². The van der Waals surface area contributed by atoms with E-state index in [-0.39, 0.29) is 5.91 Å². The van der Waals surface area contributed by atoms with Crippen molar-refractivity contribution in [1.29, 1.82) is 0 Å². The Bertz CT molecular complexity index is 472. The molecule has 0 saturated heterocycles. The van der Waals surface area contributed by atoms with Gasteiger partial charge in [-0.3, -0.25) is 9.69 Å². The van der Waals surface area contributed by atoms with E-state index in [1.54, 1.807) is 0 Å². The fourth-order valence-corrected chi connectivity index (χ4v) is 1.98. The molecule has 0 spiro atoms. The van der Waals surface area contributed by atoms with Gasteiger partial charge in [0.2, 0.25) is 5.91 Å². The van der Waals surface area contributed by atoms with Crippen LogP contribution < -0.4 is 10.1 Å². The molecule has 1 N–H and O–H groups in total. The van der Waals surface area contributed by atoms with E-state index in [2.05, 4.69) is 16.8 Å². The average molecular weight is 290 g/mol. The summed E-state index contributed by atoms with van der Waals surface area (Å²) in [5.41, 5.74) is 2.22. The number of nitrogens with one attached hydrogen (secondary N) is 1. The molecule has 4 heteroatoms. The van der Waals surface area contributed by atoms with E-state index in [1.165, 1.54) is 0 Å². The van der Waals surface area contributed by atoms with Gasteiger partial charge in [0.1, 0.15) is 12.4 Å². The largest absolute Gasteiger partial charge is 0.492 e. The quantitative estimate of drug-likeness (QED) is 0.561. The summed E-state index contributed by atoms with van der Waals surface area (Å²) in [7, 11) is 0. The van der Waals surface area contributed by atoms with E-state index in [0.29, 0.717) is 19.7 Å². The first-order valence-electron chi connectivity index (χ1n) is 7.34. The van der Waals surface area contributed by atoms with Crippen molar-refractivity contribution in [2.75, 3.05) is 32.8 Å². The number of aryl methyl sites for hydroxylation is 1. The molecule has 4 nitrogen and oxygen atoms in total. The average Bonchev–Trinajstić information content (AvgIpc) is 2.42. The highest BCUT2D eigenvalue weighted by Gasteiger charge is 2.08. The van der Waals surface area contributed by atoms with Crippen LogP contribution in [0.2, 0.25) is 0 Å². The molecule has 0 unspecified atom stereocenters. The van der Waals surface area contributed by atoms with Gasteiger partial charge < -0.3 is 10.1 Å². The highest BCUT2D eigenvalue weighted by Crippen LogP contribution is 2.11. The van der Waals surface area contributed by atoms with Crippen LogP contribution in [0, 0.1) is 6.92 Å². The summed E-state index contributed by atoms with van der Waals surface area (Å²) < 4.78 is 5.59. The van der Waals surface area contributed by atoms with E-state index in [4.69, 9.17) is 4.74 Å². The van der Waals surface area contributed by atoms with Gasteiger partial charge in [-0.1, -0.05) is 31.2 Å². The van der Waals surface area contributed by atoms with Gasteiger partial charge in [0.25, 0.3) is 0 Å². The third-order valence-electron chi connectivity index (χ3n) is 2.99. The van der Waals surface area contributed by atoms with Crippen LogP contribution in [-0.4, -0.2) is 43.6 Å². The highest BCUT2D eigenvalue weighted by atomic mass is 16.5. The predicted octanol–water partition coefficient (Wildman–Crippen LogP) is 2.39. The lowest BCUT2D eigenvalue weighted by molar-refractivity contribution is -0.122. The predicted molar refractivity (Wildman–Crippen MR) is 86.6 cm³/mol. The zero-order valence-electron chi connectivity index (χ0n) is 13.3. The monoisotopic (exact) mass is 290 g/mol. The highest BCUT2D eigenvalue weighted by molar-refractivity contribution is 5.78. The Morgan fingerprint density at radius 1 is 1.38 bits per heavy atom. The number of ether oxygens (including phenoxy) is 1. The van der Waals surface area contributed by atoms with Crippen LogP contribution in [0.4, 0.5) is 0 Å². The first-order valence-corrected chi connectivity index (χ1v) is 7.34. The van der Waals surface area contributed by atoms with Gasteiger partial charge in [-0.25, -0.2) is 0 Å². The molecule has 0 aromatic heterocycles. The van der Waals surface area contributed by atoms with E-state index >= 15 is 0 Å². The molecule has 0 radical (unpaired) electrons. The lowest BCUT2D eigenvalue weighted by Crippen LogP contribution is -2.39. The van der Waals surface area contributed by atoms with E-state index < -0.39 is 0 Å². The minimum absolute atomic E-state index is 0.0194. The van der Waals surface area contributed by atoms with Gasteiger partial charge in [0.15, 0.2) is 0 Å². The number of likely N-dealkylation sites (N-methyl/N-ethyl adjacent to an activating group) is 1. The minimum atomic E-state index is 0.0194. The fourth-order valence-electron chi connectivity index (χ4n) is 1.98. The normalized spacial score (nSPS) is 10.5. The van der Waals surface area contributed by atoms with Crippen molar-refractivity contribution in [3.63, 3.8) is 0 Å². The topological polar surface area (TPSA) is 41.6 Å². The molecule has 0 saturated carbocycles. The molecule has 0 aliphatic rings. The van der Waals surface area contributed by atoms with Crippen LogP contribution in [-0.2, 0) is 4.79 Å². The molecule has 1 amide bonds. The molecule has 1 aromatic carbocycles. The summed E-state index contributed by atoms with van der Waals surface area (Å²) in [5, 5.41) is 2.87. The summed E-state index contributed by atoms with van der Waals surface area (Å²) in [6.07, 6.45) is 0. The molecule has 116 valence electrons. The Labute approximate surface area is 127 Å². The van der Waals surface area contributed by atoms with Crippen LogP contribution in [0.15, 0.2) is 36.4 Å². The smallest absolute Gasteiger partial charge is 0.234 e. The lowest BCUT2D eigenvalue weighted by Gasteiger charge is -2.19. The summed E-state index contributed by atoms with van der Waals surface area (Å²) >= 11 is 0. The maximum Gasteiger partial charge on any atom is 0.234 e. The number of carbonyl (C=O) groups is 1. The van der Waals surface area contributed by atoms with Crippen molar-refractivity contribution in [3.8, 4) is 5.75 Å². The fraction of sp³-hybridized carbons (Fsp3) is 0.471. The summed E-state index contributed by atoms with van der Waals surface area (Å²) in [6.45, 7) is 12.9. The van der Waals surface area contributed by atoms with Gasteiger partial charge in [-0.2, -0.15) is 0 Å². The molecule has 21 heavy (non-hydrogen) atoms. The molecule has 0 aliphatic carbocycles. The summed E-state index contributed by atoms with van der Waals surface area (Å²) in [4.78, 5) is 13.9. The van der Waals surface area contributed by atoms with Gasteiger partial charge in [0, 0.05) is 6.54 Å². The Morgan fingerprint density at radius 2 is 2.14 bits per heavy atom. The molecular weight excluding hydrogens is 264 g/mol. The second-order valence-electron chi connectivity index (χ2n) is 5.28. The molecular formula is C17H26N2O2. The minimum Gasteiger partial charge on any atom is -0.492 e. The first-order chi connectivity index (χ1) is 10.0. The van der Waals surface area contributed by atoms with Crippen molar-refractivity contribution in [2.24, 2.45) is 0 Å². The zero-order valence-corrected chi connectivity index (χ0v) is 13.3. The van der Waals surface area contributed by atoms with E-state index in [1.807, 2.05) is 45.0 Å². The number of benzene rings is 1. The van der Waals surface area contributed by atoms with Crippen LogP contribution >= 0.6 is 0 Å². The SMILES string of the molecule is C=C(C)CN(CC)CC(=O)NCCOc1cccc(C)c1. The van der Waals surface area contributed by atoms with Crippen LogP contribution in [0.1, 0.15) is 19.4 Å². The summed E-state index contributed by atoms with van der Waals surface area (Å²) in [6, 6.07) is 7.88.